The van der Waals surface area contributed by atoms with Gasteiger partial charge in [0.05, 0.1) is 37.7 Å². The van der Waals surface area contributed by atoms with Crippen LogP contribution in [-0.4, -0.2) is 77.3 Å². The summed E-state index contributed by atoms with van der Waals surface area (Å²) in [5.74, 6) is -0.772. The molecule has 0 bridgehead atoms. The average molecular weight is 561 g/mol. The predicted molar refractivity (Wildman–Crippen MR) is 162 cm³/mol. The van der Waals surface area contributed by atoms with Crippen LogP contribution >= 0.6 is 0 Å². The zero-order chi connectivity index (χ0) is 28.9. The molecule has 1 aromatic carbocycles. The number of amides is 1. The van der Waals surface area contributed by atoms with Gasteiger partial charge in [0.1, 0.15) is 5.65 Å². The average Bonchev–Trinajstić information content (AvgIpc) is 3.53. The van der Waals surface area contributed by atoms with Crippen molar-refractivity contribution >= 4 is 45.2 Å². The SMILES string of the molecule is COCCC(=O)Nc1c(C(=O)OC)n(CCc2c[nH]c3ccccc23)c2ncc(NC3CCN(C(C)C)CC3)cc12. The number of benzene rings is 1. The largest absolute Gasteiger partial charge is 0.464 e. The summed E-state index contributed by atoms with van der Waals surface area (Å²) in [6.07, 6.45) is 6.72. The van der Waals surface area contributed by atoms with Crippen LogP contribution in [0.15, 0.2) is 42.7 Å². The van der Waals surface area contributed by atoms with Crippen molar-refractivity contribution in [3.63, 3.8) is 0 Å². The molecule has 1 saturated heterocycles. The summed E-state index contributed by atoms with van der Waals surface area (Å²) in [6, 6.07) is 11.0. The van der Waals surface area contributed by atoms with Gasteiger partial charge in [-0.3, -0.25) is 4.79 Å². The maximum absolute atomic E-state index is 13.2. The number of rotatable bonds is 11. The molecule has 0 spiro atoms. The molecule has 0 saturated carbocycles. The van der Waals surface area contributed by atoms with E-state index in [1.165, 1.54) is 7.11 Å². The Morgan fingerprint density at radius 1 is 1.15 bits per heavy atom. The van der Waals surface area contributed by atoms with E-state index in [0.717, 1.165) is 48.1 Å². The third-order valence-corrected chi connectivity index (χ3v) is 7.99. The third kappa shape index (κ3) is 6.23. The molecule has 10 heteroatoms. The van der Waals surface area contributed by atoms with Crippen molar-refractivity contribution in [1.82, 2.24) is 19.4 Å². The molecular formula is C31H40N6O4. The van der Waals surface area contributed by atoms with Crippen LogP contribution in [0.3, 0.4) is 0 Å². The van der Waals surface area contributed by atoms with E-state index in [4.69, 9.17) is 14.5 Å². The lowest BCUT2D eigenvalue weighted by Crippen LogP contribution is -2.42. The molecule has 3 aromatic heterocycles. The maximum Gasteiger partial charge on any atom is 0.356 e. The predicted octanol–water partition coefficient (Wildman–Crippen LogP) is 4.81. The first-order valence-corrected chi connectivity index (χ1v) is 14.3. The Labute approximate surface area is 240 Å². The second-order valence-corrected chi connectivity index (χ2v) is 10.9. The molecule has 41 heavy (non-hydrogen) atoms. The Morgan fingerprint density at radius 3 is 2.66 bits per heavy atom. The first kappa shape index (κ1) is 28.6. The minimum absolute atomic E-state index is 0.166. The number of aryl methyl sites for hydroxylation is 2. The number of likely N-dealkylation sites (tertiary alicyclic amines) is 1. The standard InChI is InChI=1S/C31H40N6O4/c1-20(2)36-13-10-22(11-14-36)34-23-17-25-28(35-27(38)12-16-40-3)29(31(39)41-4)37(30(25)33-19-23)15-9-21-18-32-26-8-6-5-7-24(21)26/h5-8,17-20,22,32,34H,9-16H2,1-4H3,(H,35,38). The van der Waals surface area contributed by atoms with Crippen molar-refractivity contribution in [2.75, 3.05) is 44.5 Å². The van der Waals surface area contributed by atoms with Crippen molar-refractivity contribution < 1.29 is 19.1 Å². The zero-order valence-electron chi connectivity index (χ0n) is 24.3. The zero-order valence-corrected chi connectivity index (χ0v) is 24.3. The highest BCUT2D eigenvalue weighted by Crippen LogP contribution is 2.34. The minimum Gasteiger partial charge on any atom is -0.464 e. The summed E-state index contributed by atoms with van der Waals surface area (Å²) in [7, 11) is 2.90. The van der Waals surface area contributed by atoms with E-state index < -0.39 is 5.97 Å². The number of ether oxygens (including phenoxy) is 2. The molecule has 218 valence electrons. The van der Waals surface area contributed by atoms with Crippen molar-refractivity contribution in [1.29, 1.82) is 0 Å². The lowest BCUT2D eigenvalue weighted by molar-refractivity contribution is -0.117. The van der Waals surface area contributed by atoms with Crippen molar-refractivity contribution in [3.05, 3.63) is 54.0 Å². The minimum atomic E-state index is -0.528. The quantitative estimate of drug-likeness (QED) is 0.226. The number of hydrogen-bond acceptors (Lipinski definition) is 7. The van der Waals surface area contributed by atoms with Gasteiger partial charge in [-0.05, 0) is 50.8 Å². The first-order valence-electron chi connectivity index (χ1n) is 14.3. The van der Waals surface area contributed by atoms with Gasteiger partial charge in [-0.25, -0.2) is 9.78 Å². The normalized spacial score (nSPS) is 14.7. The Morgan fingerprint density at radius 2 is 1.93 bits per heavy atom. The van der Waals surface area contributed by atoms with Crippen LogP contribution in [0.5, 0.6) is 0 Å². The fraction of sp³-hybridized carbons (Fsp3) is 0.452. The number of carbonyl (C=O) groups excluding carboxylic acids is 2. The molecule has 1 amide bonds. The topological polar surface area (TPSA) is 114 Å². The van der Waals surface area contributed by atoms with E-state index in [9.17, 15) is 9.59 Å². The highest BCUT2D eigenvalue weighted by atomic mass is 16.5. The fourth-order valence-corrected chi connectivity index (χ4v) is 5.72. The van der Waals surface area contributed by atoms with E-state index in [-0.39, 0.29) is 24.6 Å². The van der Waals surface area contributed by atoms with Crippen LogP contribution in [0.25, 0.3) is 21.9 Å². The molecule has 3 N–H and O–H groups in total. The molecular weight excluding hydrogens is 520 g/mol. The number of aromatic nitrogens is 3. The molecule has 4 aromatic rings. The molecule has 1 fully saturated rings. The van der Waals surface area contributed by atoms with Gasteiger partial charge in [0.15, 0.2) is 5.69 Å². The summed E-state index contributed by atoms with van der Waals surface area (Å²) in [5, 5.41) is 8.45. The third-order valence-electron chi connectivity index (χ3n) is 7.99. The van der Waals surface area contributed by atoms with Gasteiger partial charge in [-0.1, -0.05) is 18.2 Å². The number of nitrogens with one attached hydrogen (secondary N) is 3. The van der Waals surface area contributed by atoms with Gasteiger partial charge < -0.3 is 34.6 Å². The molecule has 0 atom stereocenters. The molecule has 4 heterocycles. The van der Waals surface area contributed by atoms with Gasteiger partial charge in [-0.2, -0.15) is 0 Å². The monoisotopic (exact) mass is 560 g/mol. The Balaban J connectivity index is 1.50. The number of H-pyrrole nitrogens is 1. The smallest absolute Gasteiger partial charge is 0.356 e. The van der Waals surface area contributed by atoms with Crippen molar-refractivity contribution in [3.8, 4) is 0 Å². The van der Waals surface area contributed by atoms with E-state index in [0.29, 0.717) is 41.8 Å². The second kappa shape index (κ2) is 12.7. The summed E-state index contributed by atoms with van der Waals surface area (Å²) in [5.41, 5.74) is 4.37. The Kier molecular flexibility index (Phi) is 8.90. The van der Waals surface area contributed by atoms with E-state index >= 15 is 0 Å². The number of aromatic amines is 1. The van der Waals surface area contributed by atoms with E-state index in [1.807, 2.05) is 41.2 Å². The van der Waals surface area contributed by atoms with Crippen LogP contribution in [0.4, 0.5) is 11.4 Å². The lowest BCUT2D eigenvalue weighted by atomic mass is 10.0. The first-order chi connectivity index (χ1) is 19.9. The molecule has 10 nitrogen and oxygen atoms in total. The molecule has 0 unspecified atom stereocenters. The van der Waals surface area contributed by atoms with Gasteiger partial charge in [0.25, 0.3) is 0 Å². The summed E-state index contributed by atoms with van der Waals surface area (Å²) >= 11 is 0. The number of nitrogens with zero attached hydrogens (tertiary/aromatic N) is 3. The Bertz CT molecular complexity index is 1520. The number of pyridine rings is 1. The second-order valence-electron chi connectivity index (χ2n) is 10.9. The number of esters is 1. The van der Waals surface area contributed by atoms with Gasteiger partial charge >= 0.3 is 5.97 Å². The van der Waals surface area contributed by atoms with E-state index in [2.05, 4.69) is 40.4 Å². The number of hydrogen-bond donors (Lipinski definition) is 3. The van der Waals surface area contributed by atoms with Crippen molar-refractivity contribution in [2.24, 2.45) is 0 Å². The molecule has 1 aliphatic heterocycles. The number of methoxy groups -OCH3 is 2. The van der Waals surface area contributed by atoms with E-state index in [1.54, 1.807) is 7.11 Å². The van der Waals surface area contributed by atoms with Crippen LogP contribution in [0.1, 0.15) is 49.2 Å². The fourth-order valence-electron chi connectivity index (χ4n) is 5.72. The van der Waals surface area contributed by atoms with Crippen molar-refractivity contribution in [2.45, 2.75) is 58.2 Å². The van der Waals surface area contributed by atoms with Crippen LogP contribution in [0, 0.1) is 0 Å². The van der Waals surface area contributed by atoms with Crippen LogP contribution < -0.4 is 10.6 Å². The summed E-state index contributed by atoms with van der Waals surface area (Å²) in [4.78, 5) is 36.7. The molecule has 5 rings (SSSR count). The molecule has 0 radical (unpaired) electrons. The number of fused-ring (bicyclic) bond motifs is 2. The highest BCUT2D eigenvalue weighted by Gasteiger charge is 2.27. The number of para-hydroxylation sites is 1. The molecule has 1 aliphatic rings. The van der Waals surface area contributed by atoms with Crippen LogP contribution in [0.2, 0.25) is 0 Å². The molecule has 0 aliphatic carbocycles. The lowest BCUT2D eigenvalue weighted by Gasteiger charge is -2.35. The number of piperidine rings is 1. The van der Waals surface area contributed by atoms with Gasteiger partial charge in [0.2, 0.25) is 5.91 Å². The summed E-state index contributed by atoms with van der Waals surface area (Å²) < 4.78 is 12.2. The number of anilines is 2. The van der Waals surface area contributed by atoms with Gasteiger partial charge in [0, 0.05) is 61.3 Å². The summed E-state index contributed by atoms with van der Waals surface area (Å²) in [6.45, 7) is 7.31. The Hall–Kier alpha value is -3.89. The maximum atomic E-state index is 13.2. The van der Waals surface area contributed by atoms with Gasteiger partial charge in [-0.15, -0.1) is 0 Å². The van der Waals surface area contributed by atoms with Crippen LogP contribution in [-0.2, 0) is 27.2 Å². The number of carbonyl (C=O) groups is 2. The highest BCUT2D eigenvalue weighted by molar-refractivity contribution is 6.11.